The minimum Gasteiger partial charge on any atom is -0.172 e. The molecule has 38 valence electrons. The minimum atomic E-state index is -0.772. The monoisotopic (exact) mass is 122 g/mol. The van der Waals surface area contributed by atoms with E-state index in [9.17, 15) is 0 Å². The first-order chi connectivity index (χ1) is 2.64. The van der Waals surface area contributed by atoms with Gasteiger partial charge in [-0.05, 0) is 5.54 Å². The zero-order chi connectivity index (χ0) is 5.15. The molecule has 0 spiro atoms. The molecule has 0 aromatic carbocycles. The average molecular weight is 123 g/mol. The zero-order valence-electron chi connectivity index (χ0n) is 4.53. The minimum absolute atomic E-state index is 0.756. The van der Waals surface area contributed by atoms with Crippen molar-refractivity contribution in [1.29, 1.82) is 0 Å². The molecule has 0 saturated heterocycles. The summed E-state index contributed by atoms with van der Waals surface area (Å²) in [5.74, 6) is 0. The fourth-order valence-electron chi connectivity index (χ4n) is 0. The van der Waals surface area contributed by atoms with Crippen molar-refractivity contribution in [2.24, 2.45) is 0 Å². The highest BCUT2D eigenvalue weighted by Crippen LogP contribution is 2.08. The lowest BCUT2D eigenvalue weighted by Gasteiger charge is -2.00. The summed E-state index contributed by atoms with van der Waals surface area (Å²) in [7, 11) is -0.772. The average Bonchev–Trinajstić information content (AvgIpc) is 1.36. The summed E-state index contributed by atoms with van der Waals surface area (Å²) in [6, 6.07) is 0. The fraction of sp³-hybridized carbons (Fsp3) is 1.00. The Balaban J connectivity index is 2.99. The maximum atomic E-state index is 5.75. The lowest BCUT2D eigenvalue weighted by molar-refractivity contribution is 1.06. The molecule has 0 aliphatic carbocycles. The van der Waals surface area contributed by atoms with Crippen LogP contribution in [0, 0.1) is 0 Å². The Morgan fingerprint density at radius 3 is 1.67 bits per heavy atom. The van der Waals surface area contributed by atoms with E-state index in [1.807, 2.05) is 0 Å². The van der Waals surface area contributed by atoms with Crippen LogP contribution >= 0.6 is 11.1 Å². The van der Waals surface area contributed by atoms with Crippen LogP contribution in [0.3, 0.4) is 0 Å². The smallest absolute Gasteiger partial charge is 0.140 e. The number of hydrogen-bond donors (Lipinski definition) is 0. The Bertz CT molecular complexity index is 28.5. The van der Waals surface area contributed by atoms with Gasteiger partial charge in [-0.3, -0.25) is 0 Å². The topological polar surface area (TPSA) is 0 Å². The maximum Gasteiger partial charge on any atom is 0.140 e. The van der Waals surface area contributed by atoms with Crippen molar-refractivity contribution in [1.82, 2.24) is 0 Å². The molecule has 0 saturated carbocycles. The standard InChI is InChI=1S/C4H11ClSi/c1-4(2)6(3)5/h4,6H,1-3H3. The third-order valence-corrected chi connectivity index (χ3v) is 4.27. The van der Waals surface area contributed by atoms with E-state index < -0.39 is 8.11 Å². The first-order valence-electron chi connectivity index (χ1n) is 2.28. The van der Waals surface area contributed by atoms with Gasteiger partial charge in [0.1, 0.15) is 8.11 Å². The van der Waals surface area contributed by atoms with Crippen LogP contribution in [0.4, 0.5) is 0 Å². The predicted octanol–water partition coefficient (Wildman–Crippen LogP) is 1.99. The molecule has 0 aliphatic rings. The fourth-order valence-corrected chi connectivity index (χ4v) is 0. The molecule has 0 rings (SSSR count). The van der Waals surface area contributed by atoms with Crippen LogP contribution in [0.1, 0.15) is 13.8 Å². The highest BCUT2D eigenvalue weighted by molar-refractivity contribution is 7.06. The van der Waals surface area contributed by atoms with Gasteiger partial charge < -0.3 is 0 Å². The van der Waals surface area contributed by atoms with Gasteiger partial charge >= 0.3 is 0 Å². The Kier molecular flexibility index (Phi) is 2.87. The van der Waals surface area contributed by atoms with Crippen LogP contribution in [0.2, 0.25) is 12.1 Å². The summed E-state index contributed by atoms with van der Waals surface area (Å²) in [6.45, 7) is 6.49. The first kappa shape index (κ1) is 6.51. The molecule has 1 atom stereocenters. The van der Waals surface area contributed by atoms with Crippen LogP contribution in [0.15, 0.2) is 0 Å². The summed E-state index contributed by atoms with van der Waals surface area (Å²) >= 11 is 5.75. The third kappa shape index (κ3) is 2.73. The molecule has 0 radical (unpaired) electrons. The Morgan fingerprint density at radius 1 is 1.50 bits per heavy atom. The van der Waals surface area contributed by atoms with Gasteiger partial charge in [0.25, 0.3) is 0 Å². The highest BCUT2D eigenvalue weighted by Gasteiger charge is 2.01. The molecular weight excluding hydrogens is 112 g/mol. The molecule has 0 amide bonds. The van der Waals surface area contributed by atoms with Crippen LogP contribution in [-0.4, -0.2) is 8.11 Å². The second-order valence-electron chi connectivity index (χ2n) is 1.92. The van der Waals surface area contributed by atoms with Crippen molar-refractivity contribution < 1.29 is 0 Å². The molecule has 0 heterocycles. The van der Waals surface area contributed by atoms with E-state index in [1.54, 1.807) is 0 Å². The summed E-state index contributed by atoms with van der Waals surface area (Å²) in [5, 5.41) is 0. The number of rotatable bonds is 1. The molecule has 0 aromatic heterocycles. The van der Waals surface area contributed by atoms with E-state index in [2.05, 4.69) is 20.4 Å². The van der Waals surface area contributed by atoms with Gasteiger partial charge in [0.2, 0.25) is 0 Å². The van der Waals surface area contributed by atoms with Gasteiger partial charge in [-0.25, -0.2) is 0 Å². The van der Waals surface area contributed by atoms with Crippen molar-refractivity contribution in [3.05, 3.63) is 0 Å². The Labute approximate surface area is 45.8 Å². The molecule has 1 unspecified atom stereocenters. The van der Waals surface area contributed by atoms with E-state index in [0.29, 0.717) is 0 Å². The van der Waals surface area contributed by atoms with Gasteiger partial charge in [-0.1, -0.05) is 20.4 Å². The molecule has 0 nitrogen and oxygen atoms in total. The van der Waals surface area contributed by atoms with E-state index in [1.165, 1.54) is 0 Å². The predicted molar refractivity (Wildman–Crippen MR) is 34.0 cm³/mol. The summed E-state index contributed by atoms with van der Waals surface area (Å²) < 4.78 is 0. The van der Waals surface area contributed by atoms with Crippen molar-refractivity contribution in [3.63, 3.8) is 0 Å². The molecule has 2 heteroatoms. The van der Waals surface area contributed by atoms with Crippen molar-refractivity contribution in [2.75, 3.05) is 0 Å². The first-order valence-corrected chi connectivity index (χ1v) is 5.85. The number of hydrogen-bond acceptors (Lipinski definition) is 0. The summed E-state index contributed by atoms with van der Waals surface area (Å²) in [5.41, 5.74) is 0.756. The van der Waals surface area contributed by atoms with Crippen molar-refractivity contribution in [3.8, 4) is 0 Å². The quantitative estimate of drug-likeness (QED) is 0.369. The zero-order valence-corrected chi connectivity index (χ0v) is 6.44. The van der Waals surface area contributed by atoms with Crippen LogP contribution < -0.4 is 0 Å². The molecular formula is C4H11ClSi. The van der Waals surface area contributed by atoms with Gasteiger partial charge in [0.05, 0.1) is 0 Å². The molecule has 0 bridgehead atoms. The lowest BCUT2D eigenvalue weighted by atomic mass is 10.6. The Hall–Kier alpha value is 0.507. The van der Waals surface area contributed by atoms with E-state index in [-0.39, 0.29) is 0 Å². The van der Waals surface area contributed by atoms with Crippen molar-refractivity contribution >= 4 is 19.2 Å². The molecule has 0 N–H and O–H groups in total. The third-order valence-electron chi connectivity index (χ3n) is 0.919. The van der Waals surface area contributed by atoms with Crippen molar-refractivity contribution in [2.45, 2.75) is 25.9 Å². The van der Waals surface area contributed by atoms with Crippen LogP contribution in [0.25, 0.3) is 0 Å². The molecule has 0 aliphatic heterocycles. The largest absolute Gasteiger partial charge is 0.172 e. The van der Waals surface area contributed by atoms with Gasteiger partial charge in [0, 0.05) is 0 Å². The molecule has 6 heavy (non-hydrogen) atoms. The highest BCUT2D eigenvalue weighted by atomic mass is 35.6. The normalized spacial score (nSPS) is 15.5. The van der Waals surface area contributed by atoms with Gasteiger partial charge in [0.15, 0.2) is 0 Å². The van der Waals surface area contributed by atoms with E-state index in [4.69, 9.17) is 11.1 Å². The Morgan fingerprint density at radius 2 is 1.67 bits per heavy atom. The molecule has 0 fully saturated rings. The maximum absolute atomic E-state index is 5.75. The van der Waals surface area contributed by atoms with Crippen LogP contribution in [-0.2, 0) is 0 Å². The lowest BCUT2D eigenvalue weighted by Crippen LogP contribution is -1.99. The van der Waals surface area contributed by atoms with Gasteiger partial charge in [-0.15, -0.1) is 0 Å². The number of halogens is 1. The second kappa shape index (κ2) is 2.64. The SMILES string of the molecule is CC(C)[SiH](C)Cl. The summed E-state index contributed by atoms with van der Waals surface area (Å²) in [6.07, 6.45) is 0. The summed E-state index contributed by atoms with van der Waals surface area (Å²) in [4.78, 5) is 0. The van der Waals surface area contributed by atoms with Crippen LogP contribution in [0.5, 0.6) is 0 Å². The second-order valence-corrected chi connectivity index (χ2v) is 6.68. The van der Waals surface area contributed by atoms with E-state index in [0.717, 1.165) is 5.54 Å². The molecule has 0 aromatic rings. The van der Waals surface area contributed by atoms with Gasteiger partial charge in [-0.2, -0.15) is 11.1 Å². The van der Waals surface area contributed by atoms with E-state index >= 15 is 0 Å².